The molecule has 2 fully saturated rings. The molecule has 1 amide bonds. The van der Waals surface area contributed by atoms with Gasteiger partial charge in [-0.15, -0.1) is 24.8 Å². The van der Waals surface area contributed by atoms with Crippen LogP contribution in [0.25, 0.3) is 0 Å². The number of aromatic nitrogens is 1. The van der Waals surface area contributed by atoms with Crippen LogP contribution in [0.2, 0.25) is 0 Å². The van der Waals surface area contributed by atoms with E-state index in [-0.39, 0.29) is 36.8 Å². The molecule has 24 heavy (non-hydrogen) atoms. The highest BCUT2D eigenvalue weighted by Gasteiger charge is 2.29. The summed E-state index contributed by atoms with van der Waals surface area (Å²) in [5.74, 6) is 0.776. The van der Waals surface area contributed by atoms with Crippen molar-refractivity contribution in [1.82, 2.24) is 4.98 Å². The van der Waals surface area contributed by atoms with Crippen molar-refractivity contribution in [2.45, 2.75) is 25.0 Å². The topological polar surface area (TPSA) is 89.7 Å². The molecule has 2 atom stereocenters. The number of morpholine rings is 1. The van der Waals surface area contributed by atoms with E-state index in [1.165, 1.54) is 0 Å². The first-order valence-corrected chi connectivity index (χ1v) is 7.71. The fourth-order valence-corrected chi connectivity index (χ4v) is 2.73. The van der Waals surface area contributed by atoms with Gasteiger partial charge < -0.3 is 25.4 Å². The van der Waals surface area contributed by atoms with Gasteiger partial charge in [0.15, 0.2) is 0 Å². The Hall–Kier alpha value is -1.12. The molecule has 1 aromatic rings. The molecule has 7 nitrogen and oxygen atoms in total. The van der Waals surface area contributed by atoms with Crippen molar-refractivity contribution >= 4 is 42.2 Å². The number of rotatable bonds is 4. The number of amides is 1. The van der Waals surface area contributed by atoms with Crippen LogP contribution in [0, 0.1) is 0 Å². The Morgan fingerprint density at radius 2 is 2.04 bits per heavy atom. The average molecular weight is 379 g/mol. The Bertz CT molecular complexity index is 512. The number of hydrogen-bond acceptors (Lipinski definition) is 6. The molecule has 1 aromatic heterocycles. The average Bonchev–Trinajstić information content (AvgIpc) is 3.06. The molecule has 136 valence electrons. The molecule has 0 saturated carbocycles. The maximum absolute atomic E-state index is 12.1. The van der Waals surface area contributed by atoms with Crippen LogP contribution in [0.5, 0.6) is 0 Å². The lowest BCUT2D eigenvalue weighted by Gasteiger charge is -2.27. The van der Waals surface area contributed by atoms with Crippen LogP contribution >= 0.6 is 24.8 Å². The minimum absolute atomic E-state index is 0. The van der Waals surface area contributed by atoms with Crippen molar-refractivity contribution in [1.29, 1.82) is 0 Å². The van der Waals surface area contributed by atoms with Gasteiger partial charge >= 0.3 is 0 Å². The summed E-state index contributed by atoms with van der Waals surface area (Å²) in [6.45, 7) is 3.59. The Morgan fingerprint density at radius 1 is 1.29 bits per heavy atom. The van der Waals surface area contributed by atoms with Crippen molar-refractivity contribution < 1.29 is 14.3 Å². The number of carbonyl (C=O) groups is 1. The van der Waals surface area contributed by atoms with Crippen molar-refractivity contribution in [2.75, 3.05) is 43.1 Å². The number of hydrogen-bond donors (Lipinski definition) is 2. The lowest BCUT2D eigenvalue weighted by Crippen LogP contribution is -2.36. The van der Waals surface area contributed by atoms with E-state index in [4.69, 9.17) is 15.2 Å². The van der Waals surface area contributed by atoms with E-state index in [1.807, 2.05) is 12.1 Å². The molecule has 0 bridgehead atoms. The van der Waals surface area contributed by atoms with Gasteiger partial charge in [0.2, 0.25) is 0 Å². The van der Waals surface area contributed by atoms with Crippen LogP contribution in [-0.4, -0.2) is 55.9 Å². The second kappa shape index (κ2) is 10.0. The molecular weight excluding hydrogens is 355 g/mol. The minimum Gasteiger partial charge on any atom is -0.378 e. The van der Waals surface area contributed by atoms with E-state index in [0.717, 1.165) is 38.5 Å². The van der Waals surface area contributed by atoms with Crippen LogP contribution < -0.4 is 16.0 Å². The summed E-state index contributed by atoms with van der Waals surface area (Å²) < 4.78 is 10.9. The third-order valence-corrected chi connectivity index (χ3v) is 4.01. The summed E-state index contributed by atoms with van der Waals surface area (Å²) in [4.78, 5) is 18.7. The largest absolute Gasteiger partial charge is 0.378 e. The van der Waals surface area contributed by atoms with Gasteiger partial charge in [-0.05, 0) is 25.0 Å². The molecule has 3 heterocycles. The molecular formula is C15H24Cl2N4O3. The molecule has 0 spiro atoms. The third-order valence-electron chi connectivity index (χ3n) is 4.01. The van der Waals surface area contributed by atoms with Crippen molar-refractivity contribution in [3.63, 3.8) is 0 Å². The zero-order valence-electron chi connectivity index (χ0n) is 13.3. The van der Waals surface area contributed by atoms with Crippen LogP contribution in [0.15, 0.2) is 18.3 Å². The van der Waals surface area contributed by atoms with Gasteiger partial charge in [0.05, 0.1) is 31.2 Å². The van der Waals surface area contributed by atoms with Crippen LogP contribution in [0.4, 0.5) is 11.5 Å². The van der Waals surface area contributed by atoms with Gasteiger partial charge in [0.1, 0.15) is 11.9 Å². The SMILES string of the molecule is Cl.Cl.NC[C@H]1CC[C@@H](C(=O)Nc2ccc(N3CCOCC3)nc2)O1. The first kappa shape index (κ1) is 20.9. The van der Waals surface area contributed by atoms with Gasteiger partial charge in [-0.25, -0.2) is 4.98 Å². The smallest absolute Gasteiger partial charge is 0.253 e. The number of pyridine rings is 1. The lowest BCUT2D eigenvalue weighted by atomic mass is 10.2. The summed E-state index contributed by atoms with van der Waals surface area (Å²) in [5, 5.41) is 2.85. The number of anilines is 2. The van der Waals surface area contributed by atoms with E-state index < -0.39 is 6.10 Å². The summed E-state index contributed by atoms with van der Waals surface area (Å²) >= 11 is 0. The first-order valence-electron chi connectivity index (χ1n) is 7.71. The molecule has 0 unspecified atom stereocenters. The highest BCUT2D eigenvalue weighted by molar-refractivity contribution is 5.94. The van der Waals surface area contributed by atoms with Crippen LogP contribution in [0.3, 0.4) is 0 Å². The van der Waals surface area contributed by atoms with Crippen molar-refractivity contribution in [3.8, 4) is 0 Å². The molecule has 3 rings (SSSR count). The van der Waals surface area contributed by atoms with Gasteiger partial charge in [0.25, 0.3) is 5.91 Å². The fraction of sp³-hybridized carbons (Fsp3) is 0.600. The third kappa shape index (κ3) is 5.19. The minimum atomic E-state index is -0.410. The number of nitrogens with zero attached hydrogens (tertiary/aromatic N) is 2. The normalized spacial score (nSPS) is 23.1. The van der Waals surface area contributed by atoms with Gasteiger partial charge in [0, 0.05) is 19.6 Å². The zero-order chi connectivity index (χ0) is 15.4. The standard InChI is InChI=1S/C15H22N4O3.2ClH/c16-9-12-2-3-13(22-12)15(20)18-11-1-4-14(17-10-11)19-5-7-21-8-6-19;;/h1,4,10,12-13H,2-3,5-9,16H2,(H,18,20);2*1H/t12-,13+;;/m1../s1. The predicted octanol–water partition coefficient (Wildman–Crippen LogP) is 1.21. The van der Waals surface area contributed by atoms with E-state index in [0.29, 0.717) is 18.7 Å². The van der Waals surface area contributed by atoms with Crippen molar-refractivity contribution in [3.05, 3.63) is 18.3 Å². The fourth-order valence-electron chi connectivity index (χ4n) is 2.73. The van der Waals surface area contributed by atoms with E-state index >= 15 is 0 Å². The molecule has 9 heteroatoms. The van der Waals surface area contributed by atoms with Crippen LogP contribution in [0.1, 0.15) is 12.8 Å². The molecule has 0 aliphatic carbocycles. The highest BCUT2D eigenvalue weighted by Crippen LogP contribution is 2.21. The number of ether oxygens (including phenoxy) is 2. The zero-order valence-corrected chi connectivity index (χ0v) is 15.0. The van der Waals surface area contributed by atoms with Crippen molar-refractivity contribution in [2.24, 2.45) is 5.73 Å². The van der Waals surface area contributed by atoms with E-state index in [1.54, 1.807) is 6.20 Å². The van der Waals surface area contributed by atoms with E-state index in [2.05, 4.69) is 15.2 Å². The number of nitrogens with two attached hydrogens (primary N) is 1. The highest BCUT2D eigenvalue weighted by atomic mass is 35.5. The molecule has 3 N–H and O–H groups in total. The Kier molecular flexibility index (Phi) is 8.72. The Labute approximate surface area is 154 Å². The summed E-state index contributed by atoms with van der Waals surface area (Å²) in [6.07, 6.45) is 2.82. The molecule has 0 aromatic carbocycles. The lowest BCUT2D eigenvalue weighted by molar-refractivity contribution is -0.126. The van der Waals surface area contributed by atoms with Crippen LogP contribution in [-0.2, 0) is 14.3 Å². The number of halogens is 2. The second-order valence-electron chi connectivity index (χ2n) is 5.55. The number of nitrogens with one attached hydrogen (secondary N) is 1. The molecule has 2 saturated heterocycles. The predicted molar refractivity (Wildman–Crippen MR) is 97.3 cm³/mol. The van der Waals surface area contributed by atoms with E-state index in [9.17, 15) is 4.79 Å². The Morgan fingerprint density at radius 3 is 2.62 bits per heavy atom. The monoisotopic (exact) mass is 378 g/mol. The Balaban J connectivity index is 0.00000144. The maximum atomic E-state index is 12.1. The quantitative estimate of drug-likeness (QED) is 0.818. The molecule has 2 aliphatic rings. The van der Waals surface area contributed by atoms with Gasteiger partial charge in [-0.3, -0.25) is 4.79 Å². The summed E-state index contributed by atoms with van der Waals surface area (Å²) in [7, 11) is 0. The molecule has 2 aliphatic heterocycles. The molecule has 0 radical (unpaired) electrons. The van der Waals surface area contributed by atoms with Gasteiger partial charge in [-0.2, -0.15) is 0 Å². The maximum Gasteiger partial charge on any atom is 0.253 e. The summed E-state index contributed by atoms with van der Waals surface area (Å²) in [5.41, 5.74) is 6.24. The second-order valence-corrected chi connectivity index (χ2v) is 5.55. The summed E-state index contributed by atoms with van der Waals surface area (Å²) in [6, 6.07) is 3.78. The van der Waals surface area contributed by atoms with Gasteiger partial charge in [-0.1, -0.05) is 0 Å². The number of carbonyl (C=O) groups excluding carboxylic acids is 1. The first-order chi connectivity index (χ1) is 10.8.